The van der Waals surface area contributed by atoms with Crippen LogP contribution in [0.3, 0.4) is 0 Å². The number of benzene rings is 1. The zero-order valence-electron chi connectivity index (χ0n) is 12.8. The van der Waals surface area contributed by atoms with Crippen LogP contribution in [-0.2, 0) is 0 Å². The summed E-state index contributed by atoms with van der Waals surface area (Å²) < 4.78 is 15.6. The summed E-state index contributed by atoms with van der Waals surface area (Å²) in [5.74, 6) is 0.0796. The first-order valence-electron chi connectivity index (χ1n) is 7.74. The van der Waals surface area contributed by atoms with Gasteiger partial charge in [0, 0.05) is 47.8 Å². The van der Waals surface area contributed by atoms with Gasteiger partial charge in [0.1, 0.15) is 6.33 Å². The Morgan fingerprint density at radius 3 is 2.71 bits per heavy atom. The summed E-state index contributed by atoms with van der Waals surface area (Å²) in [6, 6.07) is 7.27. The molecule has 3 aromatic rings. The molecule has 0 amide bonds. The standard InChI is InChI=1S/C17H15BrFN5/c18-12-1-2-15-13(8-12)16(23-10-22-15)11-7-14(19)17(21-9-11)24-5-3-20-4-6-24/h1-2,7-10,20H,3-6H2. The minimum atomic E-state index is -0.323. The van der Waals surface area contributed by atoms with Gasteiger partial charge in [0.25, 0.3) is 0 Å². The van der Waals surface area contributed by atoms with Crippen LogP contribution in [0.25, 0.3) is 22.2 Å². The Bertz CT molecular complexity index is 895. The molecule has 0 saturated carbocycles. The van der Waals surface area contributed by atoms with Gasteiger partial charge in [-0.3, -0.25) is 0 Å². The Morgan fingerprint density at radius 2 is 1.92 bits per heavy atom. The van der Waals surface area contributed by atoms with Gasteiger partial charge in [-0.1, -0.05) is 15.9 Å². The molecule has 3 heterocycles. The molecule has 0 unspecified atom stereocenters. The van der Waals surface area contributed by atoms with E-state index in [1.54, 1.807) is 6.20 Å². The van der Waals surface area contributed by atoms with Crippen LogP contribution in [0.5, 0.6) is 0 Å². The van der Waals surface area contributed by atoms with Crippen molar-refractivity contribution in [3.8, 4) is 11.3 Å². The predicted molar refractivity (Wildman–Crippen MR) is 95.5 cm³/mol. The number of piperazine rings is 1. The van der Waals surface area contributed by atoms with Crippen molar-refractivity contribution in [2.24, 2.45) is 0 Å². The second-order valence-electron chi connectivity index (χ2n) is 5.65. The number of anilines is 1. The molecule has 1 aliphatic rings. The van der Waals surface area contributed by atoms with Crippen LogP contribution in [0.15, 0.2) is 41.3 Å². The van der Waals surface area contributed by atoms with Crippen molar-refractivity contribution < 1.29 is 4.39 Å². The molecule has 4 rings (SSSR count). The normalized spacial score (nSPS) is 15.0. The lowest BCUT2D eigenvalue weighted by atomic mass is 10.1. The van der Waals surface area contributed by atoms with Gasteiger partial charge in [-0.25, -0.2) is 19.3 Å². The Morgan fingerprint density at radius 1 is 1.08 bits per heavy atom. The first-order valence-corrected chi connectivity index (χ1v) is 8.53. The number of hydrogen-bond acceptors (Lipinski definition) is 5. The lowest BCUT2D eigenvalue weighted by Crippen LogP contribution is -2.44. The van der Waals surface area contributed by atoms with E-state index in [2.05, 4.69) is 36.2 Å². The summed E-state index contributed by atoms with van der Waals surface area (Å²) in [5, 5.41) is 4.12. The summed E-state index contributed by atoms with van der Waals surface area (Å²) in [4.78, 5) is 14.9. The first kappa shape index (κ1) is 15.4. The largest absolute Gasteiger partial charge is 0.352 e. The molecule has 0 bridgehead atoms. The Hall–Kier alpha value is -2.12. The third-order valence-electron chi connectivity index (χ3n) is 4.11. The maximum Gasteiger partial charge on any atom is 0.166 e. The third kappa shape index (κ3) is 2.85. The third-order valence-corrected chi connectivity index (χ3v) is 4.60. The minimum absolute atomic E-state index is 0.323. The molecule has 1 fully saturated rings. The van der Waals surface area contributed by atoms with E-state index < -0.39 is 0 Å². The minimum Gasteiger partial charge on any atom is -0.352 e. The van der Waals surface area contributed by atoms with E-state index in [0.717, 1.165) is 41.6 Å². The highest BCUT2D eigenvalue weighted by atomic mass is 79.9. The topological polar surface area (TPSA) is 53.9 Å². The molecular weight excluding hydrogens is 373 g/mol. The molecule has 0 atom stereocenters. The van der Waals surface area contributed by atoms with E-state index in [-0.39, 0.29) is 5.82 Å². The van der Waals surface area contributed by atoms with Gasteiger partial charge in [0.15, 0.2) is 11.6 Å². The number of pyridine rings is 1. The highest BCUT2D eigenvalue weighted by Gasteiger charge is 2.17. The average Bonchev–Trinajstić information content (AvgIpc) is 2.62. The van der Waals surface area contributed by atoms with Crippen LogP contribution in [0.2, 0.25) is 0 Å². The molecule has 0 aliphatic carbocycles. The van der Waals surface area contributed by atoms with Crippen molar-refractivity contribution in [3.63, 3.8) is 0 Å². The Kier molecular flexibility index (Phi) is 4.12. The van der Waals surface area contributed by atoms with Crippen LogP contribution >= 0.6 is 15.9 Å². The summed E-state index contributed by atoms with van der Waals surface area (Å²) in [5.41, 5.74) is 2.14. The van der Waals surface area contributed by atoms with Crippen molar-refractivity contribution in [1.82, 2.24) is 20.3 Å². The highest BCUT2D eigenvalue weighted by Crippen LogP contribution is 2.29. The molecule has 1 saturated heterocycles. The zero-order valence-corrected chi connectivity index (χ0v) is 14.4. The number of hydrogen-bond donors (Lipinski definition) is 1. The highest BCUT2D eigenvalue weighted by molar-refractivity contribution is 9.10. The summed E-state index contributed by atoms with van der Waals surface area (Å²) in [6.07, 6.45) is 3.18. The SMILES string of the molecule is Fc1cc(-c2ncnc3ccc(Br)cc23)cnc1N1CCNCC1. The molecule has 2 aromatic heterocycles. The number of rotatable bonds is 2. The van der Waals surface area contributed by atoms with Crippen LogP contribution in [-0.4, -0.2) is 41.1 Å². The van der Waals surface area contributed by atoms with Gasteiger partial charge in [-0.2, -0.15) is 0 Å². The molecule has 1 N–H and O–H groups in total. The maximum absolute atomic E-state index is 14.6. The average molecular weight is 388 g/mol. The van der Waals surface area contributed by atoms with Gasteiger partial charge in [-0.05, 0) is 24.3 Å². The van der Waals surface area contributed by atoms with E-state index in [0.29, 0.717) is 17.1 Å². The van der Waals surface area contributed by atoms with E-state index in [1.807, 2.05) is 23.1 Å². The smallest absolute Gasteiger partial charge is 0.166 e. The van der Waals surface area contributed by atoms with Crippen molar-refractivity contribution >= 4 is 32.7 Å². The number of aromatic nitrogens is 3. The zero-order chi connectivity index (χ0) is 16.5. The Labute approximate surface area is 147 Å². The summed E-state index contributed by atoms with van der Waals surface area (Å²) in [6.45, 7) is 3.19. The molecule has 1 aliphatic heterocycles. The molecule has 122 valence electrons. The second kappa shape index (κ2) is 6.41. The van der Waals surface area contributed by atoms with E-state index in [1.165, 1.54) is 12.4 Å². The molecular formula is C17H15BrFN5. The van der Waals surface area contributed by atoms with Crippen molar-refractivity contribution in [1.29, 1.82) is 0 Å². The van der Waals surface area contributed by atoms with Crippen LogP contribution < -0.4 is 10.2 Å². The van der Waals surface area contributed by atoms with E-state index in [4.69, 9.17) is 0 Å². The fraction of sp³-hybridized carbons (Fsp3) is 0.235. The Balaban J connectivity index is 1.77. The summed E-state index contributed by atoms with van der Waals surface area (Å²) in [7, 11) is 0. The number of halogens is 2. The second-order valence-corrected chi connectivity index (χ2v) is 6.57. The van der Waals surface area contributed by atoms with Crippen molar-refractivity contribution in [3.05, 3.63) is 47.1 Å². The van der Waals surface area contributed by atoms with Gasteiger partial charge in [0.05, 0.1) is 11.2 Å². The molecule has 1 aromatic carbocycles. The van der Waals surface area contributed by atoms with Gasteiger partial charge in [-0.15, -0.1) is 0 Å². The van der Waals surface area contributed by atoms with Gasteiger partial charge < -0.3 is 10.2 Å². The van der Waals surface area contributed by atoms with Gasteiger partial charge in [0.2, 0.25) is 0 Å². The molecule has 5 nitrogen and oxygen atoms in total. The fourth-order valence-corrected chi connectivity index (χ4v) is 3.29. The van der Waals surface area contributed by atoms with E-state index in [9.17, 15) is 4.39 Å². The van der Waals surface area contributed by atoms with Crippen LogP contribution in [0.4, 0.5) is 10.2 Å². The maximum atomic E-state index is 14.6. The number of nitrogens with one attached hydrogen (secondary N) is 1. The lowest BCUT2D eigenvalue weighted by Gasteiger charge is -2.28. The fourth-order valence-electron chi connectivity index (χ4n) is 2.93. The summed E-state index contributed by atoms with van der Waals surface area (Å²) >= 11 is 3.46. The molecule has 0 radical (unpaired) electrons. The number of nitrogens with zero attached hydrogens (tertiary/aromatic N) is 4. The monoisotopic (exact) mass is 387 g/mol. The van der Waals surface area contributed by atoms with Crippen LogP contribution in [0.1, 0.15) is 0 Å². The molecule has 24 heavy (non-hydrogen) atoms. The van der Waals surface area contributed by atoms with Crippen LogP contribution in [0, 0.1) is 5.82 Å². The van der Waals surface area contributed by atoms with Gasteiger partial charge >= 0.3 is 0 Å². The lowest BCUT2D eigenvalue weighted by molar-refractivity contribution is 0.559. The predicted octanol–water partition coefficient (Wildman–Crippen LogP) is 3.00. The quantitative estimate of drug-likeness (QED) is 0.732. The van der Waals surface area contributed by atoms with Crippen molar-refractivity contribution in [2.45, 2.75) is 0 Å². The molecule has 0 spiro atoms. The van der Waals surface area contributed by atoms with E-state index >= 15 is 0 Å². The van der Waals surface area contributed by atoms with Crippen molar-refractivity contribution in [2.75, 3.05) is 31.1 Å². The first-order chi connectivity index (χ1) is 11.7. The molecule has 7 heteroatoms. The number of fused-ring (bicyclic) bond motifs is 1.